The van der Waals surface area contributed by atoms with Gasteiger partial charge in [0.1, 0.15) is 5.78 Å². The molecule has 0 aromatic carbocycles. The molecule has 1 aliphatic carbocycles. The van der Waals surface area contributed by atoms with Gasteiger partial charge in [0.05, 0.1) is 11.2 Å². The lowest BCUT2D eigenvalue weighted by Crippen LogP contribution is -2.41. The molecule has 0 radical (unpaired) electrons. The predicted octanol–water partition coefficient (Wildman–Crippen LogP) is 2.84. The van der Waals surface area contributed by atoms with Crippen LogP contribution in [0.4, 0.5) is 0 Å². The van der Waals surface area contributed by atoms with E-state index >= 15 is 0 Å². The van der Waals surface area contributed by atoms with E-state index in [1.165, 1.54) is 0 Å². The van der Waals surface area contributed by atoms with Gasteiger partial charge in [0.25, 0.3) is 0 Å². The summed E-state index contributed by atoms with van der Waals surface area (Å²) in [4.78, 5) is 11.8. The van der Waals surface area contributed by atoms with Crippen molar-refractivity contribution in [3.63, 3.8) is 0 Å². The van der Waals surface area contributed by atoms with Gasteiger partial charge in [-0.15, -0.1) is 0 Å². The molecule has 3 nitrogen and oxygen atoms in total. The Morgan fingerprint density at radius 2 is 1.76 bits per heavy atom. The highest BCUT2D eigenvalue weighted by Gasteiger charge is 2.51. The van der Waals surface area contributed by atoms with E-state index in [-0.39, 0.29) is 24.2 Å². The zero-order chi connectivity index (χ0) is 12.7. The lowest BCUT2D eigenvalue weighted by molar-refractivity contribution is -0.124. The largest absolute Gasteiger partial charge is 0.458 e. The molecule has 0 spiro atoms. The third-order valence-electron chi connectivity index (χ3n) is 4.46. The molecule has 4 heteroatoms. The van der Waals surface area contributed by atoms with E-state index in [2.05, 4.69) is 27.7 Å². The van der Waals surface area contributed by atoms with E-state index in [1.807, 2.05) is 0 Å². The molecular formula is C13H23BO3. The van der Waals surface area contributed by atoms with Gasteiger partial charge in [-0.05, 0) is 46.9 Å². The predicted molar refractivity (Wildman–Crippen MR) is 67.9 cm³/mol. The fourth-order valence-corrected chi connectivity index (χ4v) is 2.60. The quantitative estimate of drug-likeness (QED) is 0.694. The van der Waals surface area contributed by atoms with Crippen molar-refractivity contribution in [2.45, 2.75) is 70.9 Å². The number of Topliss-reactive ketones (excluding diaryl/α,β-unsaturated/α-hetero) is 1. The Balaban J connectivity index is 1.95. The average molecular weight is 238 g/mol. The van der Waals surface area contributed by atoms with E-state index in [4.69, 9.17) is 9.31 Å². The van der Waals surface area contributed by atoms with Crippen molar-refractivity contribution in [1.82, 2.24) is 0 Å². The number of carbonyl (C=O) groups is 1. The summed E-state index contributed by atoms with van der Waals surface area (Å²) in [5.41, 5.74) is -0.565. The molecule has 0 amide bonds. The maximum absolute atomic E-state index is 11.8. The molecule has 0 bridgehead atoms. The maximum Gasteiger partial charge on any atom is 0.458 e. The van der Waals surface area contributed by atoms with Crippen LogP contribution >= 0.6 is 0 Å². The number of hydrogen-bond acceptors (Lipinski definition) is 3. The second-order valence-electron chi connectivity index (χ2n) is 6.33. The molecule has 17 heavy (non-hydrogen) atoms. The number of ketones is 1. The summed E-state index contributed by atoms with van der Waals surface area (Å²) in [6.07, 6.45) is 4.69. The van der Waals surface area contributed by atoms with Gasteiger partial charge in [0, 0.05) is 12.3 Å². The molecule has 2 fully saturated rings. The van der Waals surface area contributed by atoms with Gasteiger partial charge in [0.15, 0.2) is 0 Å². The Morgan fingerprint density at radius 1 is 1.18 bits per heavy atom. The summed E-state index contributed by atoms with van der Waals surface area (Å²) in [5, 5.41) is 0. The maximum atomic E-state index is 11.8. The van der Waals surface area contributed by atoms with Gasteiger partial charge in [-0.2, -0.15) is 0 Å². The first-order valence-corrected chi connectivity index (χ1v) is 6.70. The van der Waals surface area contributed by atoms with Crippen molar-refractivity contribution in [2.75, 3.05) is 0 Å². The minimum atomic E-state index is -0.282. The Labute approximate surface area is 104 Å². The fraction of sp³-hybridized carbons (Fsp3) is 0.923. The highest BCUT2D eigenvalue weighted by molar-refractivity contribution is 6.46. The van der Waals surface area contributed by atoms with Crippen LogP contribution in [-0.2, 0) is 14.1 Å². The third kappa shape index (κ3) is 2.58. The number of rotatable bonds is 2. The lowest BCUT2D eigenvalue weighted by atomic mass is 9.71. The topological polar surface area (TPSA) is 35.5 Å². The Kier molecular flexibility index (Phi) is 3.39. The Bertz CT molecular complexity index is 296. The summed E-state index contributed by atoms with van der Waals surface area (Å²) in [6, 6.07) is 0. The van der Waals surface area contributed by atoms with Crippen molar-refractivity contribution >= 4 is 12.9 Å². The van der Waals surface area contributed by atoms with E-state index in [0.717, 1.165) is 32.0 Å². The van der Waals surface area contributed by atoms with Crippen LogP contribution in [0.15, 0.2) is 0 Å². The SMILES string of the molecule is CC1(C)OB(CC2CCCCC2=O)OC1(C)C. The van der Waals surface area contributed by atoms with Gasteiger partial charge in [-0.1, -0.05) is 6.42 Å². The van der Waals surface area contributed by atoms with Crippen LogP contribution < -0.4 is 0 Å². The van der Waals surface area contributed by atoms with E-state index in [1.54, 1.807) is 0 Å². The second-order valence-corrected chi connectivity index (χ2v) is 6.33. The van der Waals surface area contributed by atoms with Crippen LogP contribution in [0.3, 0.4) is 0 Å². The standard InChI is InChI=1S/C13H23BO3/c1-12(2)13(3,4)17-14(16-12)9-10-7-5-6-8-11(10)15/h10H,5-9H2,1-4H3. The fourth-order valence-electron chi connectivity index (χ4n) is 2.60. The zero-order valence-corrected chi connectivity index (χ0v) is 11.4. The molecule has 1 heterocycles. The second kappa shape index (κ2) is 4.40. The van der Waals surface area contributed by atoms with Gasteiger partial charge < -0.3 is 9.31 Å². The van der Waals surface area contributed by atoms with Crippen molar-refractivity contribution in [3.05, 3.63) is 0 Å². The molecule has 1 unspecified atom stereocenters. The molecule has 96 valence electrons. The van der Waals surface area contributed by atoms with Crippen LogP contribution in [0, 0.1) is 5.92 Å². The lowest BCUT2D eigenvalue weighted by Gasteiger charge is -2.32. The third-order valence-corrected chi connectivity index (χ3v) is 4.46. The smallest absolute Gasteiger partial charge is 0.403 e. The first kappa shape index (κ1) is 13.1. The minimum Gasteiger partial charge on any atom is -0.403 e. The van der Waals surface area contributed by atoms with Crippen molar-refractivity contribution < 1.29 is 14.1 Å². The molecule has 0 N–H and O–H groups in total. The number of hydrogen-bond donors (Lipinski definition) is 0. The van der Waals surface area contributed by atoms with Crippen LogP contribution in [-0.4, -0.2) is 24.1 Å². The molecule has 0 aromatic heterocycles. The first-order valence-electron chi connectivity index (χ1n) is 6.70. The van der Waals surface area contributed by atoms with Gasteiger partial charge >= 0.3 is 7.12 Å². The normalized spacial score (nSPS) is 31.9. The minimum absolute atomic E-state index is 0.151. The van der Waals surface area contributed by atoms with Gasteiger partial charge in [-0.3, -0.25) is 4.79 Å². The molecule has 2 rings (SSSR count). The van der Waals surface area contributed by atoms with Crippen LogP contribution in [0.1, 0.15) is 53.4 Å². The van der Waals surface area contributed by atoms with E-state index in [9.17, 15) is 4.79 Å². The number of carbonyl (C=O) groups excluding carboxylic acids is 1. The van der Waals surface area contributed by atoms with Crippen molar-refractivity contribution in [2.24, 2.45) is 5.92 Å². The molecule has 1 aliphatic heterocycles. The highest BCUT2D eigenvalue weighted by atomic mass is 16.7. The Morgan fingerprint density at radius 3 is 2.29 bits per heavy atom. The molecule has 2 aliphatic rings. The average Bonchev–Trinajstić information content (AvgIpc) is 2.39. The van der Waals surface area contributed by atoms with Crippen molar-refractivity contribution in [3.8, 4) is 0 Å². The Hall–Kier alpha value is -0.345. The first-order chi connectivity index (χ1) is 7.82. The summed E-state index contributed by atoms with van der Waals surface area (Å²) in [6.45, 7) is 8.21. The van der Waals surface area contributed by atoms with Gasteiger partial charge in [-0.25, -0.2) is 0 Å². The summed E-state index contributed by atoms with van der Waals surface area (Å²) < 4.78 is 11.9. The molecule has 1 atom stereocenters. The van der Waals surface area contributed by atoms with Crippen LogP contribution in [0.5, 0.6) is 0 Å². The van der Waals surface area contributed by atoms with Crippen molar-refractivity contribution in [1.29, 1.82) is 0 Å². The van der Waals surface area contributed by atoms with E-state index in [0.29, 0.717) is 5.78 Å². The van der Waals surface area contributed by atoms with E-state index < -0.39 is 0 Å². The van der Waals surface area contributed by atoms with Crippen LogP contribution in [0.2, 0.25) is 6.32 Å². The highest BCUT2D eigenvalue weighted by Crippen LogP contribution is 2.39. The summed E-state index contributed by atoms with van der Waals surface area (Å²) in [5.74, 6) is 0.546. The summed E-state index contributed by atoms with van der Waals surface area (Å²) >= 11 is 0. The molecule has 1 saturated heterocycles. The zero-order valence-electron chi connectivity index (χ0n) is 11.4. The molecular weight excluding hydrogens is 215 g/mol. The monoisotopic (exact) mass is 238 g/mol. The molecule has 1 saturated carbocycles. The summed E-state index contributed by atoms with van der Waals surface area (Å²) in [7, 11) is -0.216. The van der Waals surface area contributed by atoms with Gasteiger partial charge in [0.2, 0.25) is 0 Å². The van der Waals surface area contributed by atoms with Crippen LogP contribution in [0.25, 0.3) is 0 Å². The molecule has 0 aromatic rings.